The molecule has 0 aliphatic rings. The van der Waals surface area contributed by atoms with Crippen molar-refractivity contribution in [3.8, 4) is 6.07 Å². The molecule has 0 amide bonds. The van der Waals surface area contributed by atoms with Gasteiger partial charge in [-0.05, 0) is 32.7 Å². The van der Waals surface area contributed by atoms with Crippen molar-refractivity contribution >= 4 is 0 Å². The average Bonchev–Trinajstić information content (AvgIpc) is 2.16. The molecular weight excluding hydrogens is 160 g/mol. The van der Waals surface area contributed by atoms with E-state index in [4.69, 9.17) is 5.26 Å². The van der Waals surface area contributed by atoms with Crippen molar-refractivity contribution in [2.24, 2.45) is 0 Å². The molecule has 0 rings (SSSR count). The number of allylic oxidation sites excluding steroid dienone is 1. The van der Waals surface area contributed by atoms with Crippen LogP contribution in [0, 0.1) is 11.3 Å². The maximum absolute atomic E-state index is 8.48. The first-order chi connectivity index (χ1) is 6.31. The van der Waals surface area contributed by atoms with Crippen molar-refractivity contribution in [3.05, 3.63) is 12.7 Å². The van der Waals surface area contributed by atoms with Crippen molar-refractivity contribution in [1.82, 2.24) is 5.32 Å². The van der Waals surface area contributed by atoms with E-state index in [1.807, 2.05) is 13.0 Å². The summed E-state index contributed by atoms with van der Waals surface area (Å²) in [6.45, 7) is 6.53. The molecule has 0 aliphatic heterocycles. The van der Waals surface area contributed by atoms with E-state index in [1.165, 1.54) is 25.7 Å². The predicted molar refractivity (Wildman–Crippen MR) is 56.4 cm³/mol. The van der Waals surface area contributed by atoms with Gasteiger partial charge in [0.1, 0.15) is 0 Å². The molecule has 0 aromatic heterocycles. The van der Waals surface area contributed by atoms with Crippen LogP contribution in [-0.4, -0.2) is 12.6 Å². The summed E-state index contributed by atoms with van der Waals surface area (Å²) in [5, 5.41) is 11.6. The number of hydrogen-bond acceptors (Lipinski definition) is 2. The zero-order valence-corrected chi connectivity index (χ0v) is 8.55. The first-order valence-electron chi connectivity index (χ1n) is 5.05. The molecule has 2 nitrogen and oxygen atoms in total. The Bertz CT molecular complexity index is 158. The second-order valence-corrected chi connectivity index (χ2v) is 3.30. The van der Waals surface area contributed by atoms with Gasteiger partial charge in [0.2, 0.25) is 0 Å². The van der Waals surface area contributed by atoms with Crippen LogP contribution in [0.5, 0.6) is 0 Å². The van der Waals surface area contributed by atoms with E-state index in [1.54, 1.807) is 0 Å². The lowest BCUT2D eigenvalue weighted by atomic mass is 10.1. The molecule has 0 aliphatic carbocycles. The highest BCUT2D eigenvalue weighted by Gasteiger charge is 1.95. The van der Waals surface area contributed by atoms with Gasteiger partial charge in [-0.15, -0.1) is 6.58 Å². The second kappa shape index (κ2) is 9.28. The summed E-state index contributed by atoms with van der Waals surface area (Å²) in [5.74, 6) is 0. The van der Waals surface area contributed by atoms with E-state index in [2.05, 4.69) is 18.0 Å². The Hall–Kier alpha value is -0.810. The summed E-state index contributed by atoms with van der Waals surface area (Å²) in [4.78, 5) is 0. The van der Waals surface area contributed by atoms with Gasteiger partial charge in [-0.25, -0.2) is 0 Å². The minimum Gasteiger partial charge on any atom is -0.302 e. The molecule has 0 aromatic carbocycles. The Labute approximate surface area is 81.6 Å². The molecule has 1 N–H and O–H groups in total. The molecule has 2 heteroatoms. The largest absolute Gasteiger partial charge is 0.302 e. The van der Waals surface area contributed by atoms with Crippen molar-refractivity contribution in [2.75, 3.05) is 6.54 Å². The minimum absolute atomic E-state index is 0.00632. The van der Waals surface area contributed by atoms with E-state index < -0.39 is 0 Å². The lowest BCUT2D eigenvalue weighted by molar-refractivity contribution is 0.570. The van der Waals surface area contributed by atoms with Crippen molar-refractivity contribution in [3.63, 3.8) is 0 Å². The fourth-order valence-electron chi connectivity index (χ4n) is 1.13. The molecule has 0 bridgehead atoms. The first kappa shape index (κ1) is 12.2. The van der Waals surface area contributed by atoms with Crippen LogP contribution in [0.15, 0.2) is 12.7 Å². The van der Waals surface area contributed by atoms with Crippen LogP contribution in [-0.2, 0) is 0 Å². The van der Waals surface area contributed by atoms with Crippen molar-refractivity contribution < 1.29 is 0 Å². The molecule has 0 spiro atoms. The number of unbranched alkanes of at least 4 members (excludes halogenated alkanes) is 4. The van der Waals surface area contributed by atoms with Crippen LogP contribution >= 0.6 is 0 Å². The lowest BCUT2D eigenvalue weighted by Crippen LogP contribution is -2.25. The van der Waals surface area contributed by atoms with Gasteiger partial charge >= 0.3 is 0 Å². The Morgan fingerprint density at radius 2 is 2.08 bits per heavy atom. The van der Waals surface area contributed by atoms with Gasteiger partial charge in [0, 0.05) is 0 Å². The maximum Gasteiger partial charge on any atom is 0.0924 e. The van der Waals surface area contributed by atoms with Crippen LogP contribution in [0.2, 0.25) is 0 Å². The van der Waals surface area contributed by atoms with Crippen molar-refractivity contribution in [1.29, 1.82) is 5.26 Å². The van der Waals surface area contributed by atoms with Gasteiger partial charge in [-0.2, -0.15) is 5.26 Å². The van der Waals surface area contributed by atoms with Crippen LogP contribution in [0.3, 0.4) is 0 Å². The highest BCUT2D eigenvalue weighted by Crippen LogP contribution is 2.02. The molecule has 13 heavy (non-hydrogen) atoms. The highest BCUT2D eigenvalue weighted by molar-refractivity contribution is 4.84. The fraction of sp³-hybridized carbons (Fsp3) is 0.727. The maximum atomic E-state index is 8.48. The number of nitrogens with zero attached hydrogens (tertiary/aromatic N) is 1. The van der Waals surface area contributed by atoms with Crippen LogP contribution < -0.4 is 5.32 Å². The van der Waals surface area contributed by atoms with Gasteiger partial charge in [-0.1, -0.05) is 18.9 Å². The Morgan fingerprint density at radius 1 is 1.38 bits per heavy atom. The summed E-state index contributed by atoms with van der Waals surface area (Å²) in [6.07, 6.45) is 8.03. The Kier molecular flexibility index (Phi) is 8.70. The van der Waals surface area contributed by atoms with Crippen LogP contribution in [0.4, 0.5) is 0 Å². The summed E-state index contributed by atoms with van der Waals surface area (Å²) in [7, 11) is 0. The summed E-state index contributed by atoms with van der Waals surface area (Å²) in [5.41, 5.74) is 0. The topological polar surface area (TPSA) is 35.8 Å². The van der Waals surface area contributed by atoms with Crippen LogP contribution in [0.25, 0.3) is 0 Å². The molecule has 0 heterocycles. The first-order valence-corrected chi connectivity index (χ1v) is 5.05. The van der Waals surface area contributed by atoms with E-state index in [0.29, 0.717) is 0 Å². The van der Waals surface area contributed by atoms with Gasteiger partial charge < -0.3 is 5.32 Å². The SMILES string of the molecule is C=CCCCCCCNC(C)C#N. The normalized spacial score (nSPS) is 12.0. The van der Waals surface area contributed by atoms with Crippen LogP contribution in [0.1, 0.15) is 39.0 Å². The Morgan fingerprint density at radius 3 is 2.69 bits per heavy atom. The summed E-state index contributed by atoms with van der Waals surface area (Å²) < 4.78 is 0. The molecule has 0 fully saturated rings. The molecule has 74 valence electrons. The molecule has 0 radical (unpaired) electrons. The number of nitrogens with one attached hydrogen (secondary N) is 1. The van der Waals surface area contributed by atoms with E-state index in [0.717, 1.165) is 13.0 Å². The van der Waals surface area contributed by atoms with Crippen molar-refractivity contribution in [2.45, 2.75) is 45.1 Å². The Balaban J connectivity index is 3.00. The third kappa shape index (κ3) is 9.10. The average molecular weight is 180 g/mol. The molecule has 0 saturated heterocycles. The molecule has 1 atom stereocenters. The van der Waals surface area contributed by atoms with Gasteiger partial charge in [0.05, 0.1) is 12.1 Å². The third-order valence-corrected chi connectivity index (χ3v) is 1.98. The number of rotatable bonds is 8. The van der Waals surface area contributed by atoms with E-state index >= 15 is 0 Å². The predicted octanol–water partition coefficient (Wildman–Crippen LogP) is 2.62. The third-order valence-electron chi connectivity index (χ3n) is 1.98. The van der Waals surface area contributed by atoms with E-state index in [-0.39, 0.29) is 6.04 Å². The monoisotopic (exact) mass is 180 g/mol. The molecular formula is C11H20N2. The standard InChI is InChI=1S/C11H20N2/c1-3-4-5-6-7-8-9-13-11(2)10-12/h3,11,13H,1,4-9H2,2H3. The van der Waals surface area contributed by atoms with Gasteiger partial charge in [-0.3, -0.25) is 0 Å². The lowest BCUT2D eigenvalue weighted by Gasteiger charge is -2.04. The van der Waals surface area contributed by atoms with Gasteiger partial charge in [0.15, 0.2) is 0 Å². The second-order valence-electron chi connectivity index (χ2n) is 3.30. The quantitative estimate of drug-likeness (QED) is 0.460. The summed E-state index contributed by atoms with van der Waals surface area (Å²) >= 11 is 0. The molecule has 0 aromatic rings. The smallest absolute Gasteiger partial charge is 0.0924 e. The summed E-state index contributed by atoms with van der Waals surface area (Å²) in [6, 6.07) is 2.15. The molecule has 1 unspecified atom stereocenters. The number of hydrogen-bond donors (Lipinski definition) is 1. The minimum atomic E-state index is -0.00632. The van der Waals surface area contributed by atoms with Gasteiger partial charge in [0.25, 0.3) is 0 Å². The zero-order chi connectivity index (χ0) is 9.94. The molecule has 0 saturated carbocycles. The number of nitriles is 1. The fourth-order valence-corrected chi connectivity index (χ4v) is 1.13. The van der Waals surface area contributed by atoms with E-state index in [9.17, 15) is 0 Å². The zero-order valence-electron chi connectivity index (χ0n) is 8.55. The highest BCUT2D eigenvalue weighted by atomic mass is 14.9.